The summed E-state index contributed by atoms with van der Waals surface area (Å²) in [6.07, 6.45) is 0. The van der Waals surface area contributed by atoms with Gasteiger partial charge in [0.2, 0.25) is 0 Å². The number of oxime groups is 1. The van der Waals surface area contributed by atoms with Gasteiger partial charge in [-0.25, -0.2) is 0 Å². The average Bonchev–Trinajstić information content (AvgIpc) is 2.29. The van der Waals surface area contributed by atoms with Gasteiger partial charge in [-0.15, -0.1) is 0 Å². The van der Waals surface area contributed by atoms with E-state index in [9.17, 15) is 4.79 Å². The van der Waals surface area contributed by atoms with E-state index in [0.29, 0.717) is 10.6 Å². The monoisotopic (exact) mass is 261 g/mol. The molecule has 0 heterocycles. The molecular formula is C9H9Cl2N3O2. The molecule has 1 amide bonds. The van der Waals surface area contributed by atoms with E-state index < -0.39 is 0 Å². The Morgan fingerprint density at radius 2 is 2.12 bits per heavy atom. The first-order valence-corrected chi connectivity index (χ1v) is 5.00. The van der Waals surface area contributed by atoms with Crippen LogP contribution in [0.2, 0.25) is 10.0 Å². The van der Waals surface area contributed by atoms with Crippen molar-refractivity contribution < 1.29 is 10.0 Å². The molecule has 0 aliphatic carbocycles. The minimum Gasteiger partial charge on any atom is -0.409 e. The van der Waals surface area contributed by atoms with E-state index in [-0.39, 0.29) is 23.3 Å². The number of carbonyl (C=O) groups excluding carboxylic acids is 1. The van der Waals surface area contributed by atoms with Crippen molar-refractivity contribution in [3.63, 3.8) is 0 Å². The van der Waals surface area contributed by atoms with E-state index in [0.717, 1.165) is 0 Å². The molecule has 0 saturated carbocycles. The van der Waals surface area contributed by atoms with Crippen LogP contribution in [0.5, 0.6) is 0 Å². The van der Waals surface area contributed by atoms with Crippen LogP contribution in [0.25, 0.3) is 0 Å². The second-order valence-electron chi connectivity index (χ2n) is 2.90. The standard InChI is InChI=1S/C9H9Cl2N3O2/c10-6-2-1-5(3-7(6)11)9(15)13-4-8(12)14-16/h1-3,16H,4H2,(H2,12,14)(H,13,15). The number of rotatable bonds is 3. The second kappa shape index (κ2) is 5.58. The topological polar surface area (TPSA) is 87.7 Å². The van der Waals surface area contributed by atoms with Gasteiger partial charge in [-0.2, -0.15) is 0 Å². The van der Waals surface area contributed by atoms with E-state index in [2.05, 4.69) is 10.5 Å². The fourth-order valence-electron chi connectivity index (χ4n) is 0.946. The van der Waals surface area contributed by atoms with Crippen LogP contribution in [0.15, 0.2) is 23.4 Å². The second-order valence-corrected chi connectivity index (χ2v) is 3.72. The number of nitrogens with two attached hydrogens (primary N) is 1. The predicted octanol–water partition coefficient (Wildman–Crippen LogP) is 1.47. The lowest BCUT2D eigenvalue weighted by molar-refractivity contribution is 0.0959. The molecule has 0 aromatic heterocycles. The molecule has 0 bridgehead atoms. The highest BCUT2D eigenvalue weighted by Gasteiger charge is 2.07. The van der Waals surface area contributed by atoms with Crippen LogP contribution >= 0.6 is 23.2 Å². The van der Waals surface area contributed by atoms with Gasteiger partial charge in [0, 0.05) is 5.56 Å². The van der Waals surface area contributed by atoms with Crippen molar-refractivity contribution in [2.24, 2.45) is 10.9 Å². The Kier molecular flexibility index (Phi) is 4.39. The Balaban J connectivity index is 2.70. The number of nitrogens with one attached hydrogen (secondary N) is 1. The van der Waals surface area contributed by atoms with E-state index in [4.69, 9.17) is 34.1 Å². The SMILES string of the molecule is N/C(CNC(=O)c1ccc(Cl)c(Cl)c1)=N\O. The highest BCUT2D eigenvalue weighted by Crippen LogP contribution is 2.22. The Labute approximate surface area is 102 Å². The van der Waals surface area contributed by atoms with Crippen LogP contribution < -0.4 is 11.1 Å². The number of amides is 1. The van der Waals surface area contributed by atoms with Gasteiger partial charge in [-0.05, 0) is 18.2 Å². The maximum Gasteiger partial charge on any atom is 0.251 e. The van der Waals surface area contributed by atoms with Crippen molar-refractivity contribution in [1.82, 2.24) is 5.32 Å². The minimum absolute atomic E-state index is 0.0461. The van der Waals surface area contributed by atoms with Gasteiger partial charge in [-0.1, -0.05) is 28.4 Å². The molecule has 1 aromatic rings. The van der Waals surface area contributed by atoms with Crippen LogP contribution in [0, 0.1) is 0 Å². The lowest BCUT2D eigenvalue weighted by atomic mass is 10.2. The minimum atomic E-state index is -0.384. The van der Waals surface area contributed by atoms with Gasteiger partial charge < -0.3 is 16.3 Å². The summed E-state index contributed by atoms with van der Waals surface area (Å²) >= 11 is 11.4. The fraction of sp³-hybridized carbons (Fsp3) is 0.111. The molecule has 7 heteroatoms. The third kappa shape index (κ3) is 3.29. The number of nitrogens with zero attached hydrogens (tertiary/aromatic N) is 1. The molecular weight excluding hydrogens is 253 g/mol. The Morgan fingerprint density at radius 1 is 1.44 bits per heavy atom. The predicted molar refractivity (Wildman–Crippen MR) is 62.2 cm³/mol. The summed E-state index contributed by atoms with van der Waals surface area (Å²) in [7, 11) is 0. The van der Waals surface area contributed by atoms with Gasteiger partial charge in [0.15, 0.2) is 5.84 Å². The molecule has 0 atom stereocenters. The molecule has 0 saturated heterocycles. The summed E-state index contributed by atoms with van der Waals surface area (Å²) in [5, 5.41) is 14.1. The molecule has 0 aliphatic rings. The molecule has 0 fully saturated rings. The number of hydrogen-bond donors (Lipinski definition) is 3. The fourth-order valence-corrected chi connectivity index (χ4v) is 1.24. The molecule has 0 spiro atoms. The van der Waals surface area contributed by atoms with Crippen LogP contribution in [0.1, 0.15) is 10.4 Å². The summed E-state index contributed by atoms with van der Waals surface area (Å²) in [5.74, 6) is -0.474. The van der Waals surface area contributed by atoms with Crippen LogP contribution in [0.4, 0.5) is 0 Å². The molecule has 0 aliphatic heterocycles. The van der Waals surface area contributed by atoms with Crippen LogP contribution in [-0.2, 0) is 0 Å². The smallest absolute Gasteiger partial charge is 0.251 e. The van der Waals surface area contributed by atoms with Gasteiger partial charge >= 0.3 is 0 Å². The maximum atomic E-state index is 11.5. The van der Waals surface area contributed by atoms with Crippen molar-refractivity contribution in [3.05, 3.63) is 33.8 Å². The van der Waals surface area contributed by atoms with Crippen molar-refractivity contribution >= 4 is 34.9 Å². The molecule has 1 rings (SSSR count). The maximum absolute atomic E-state index is 11.5. The largest absolute Gasteiger partial charge is 0.409 e. The zero-order chi connectivity index (χ0) is 12.1. The van der Waals surface area contributed by atoms with E-state index in [1.165, 1.54) is 18.2 Å². The Bertz CT molecular complexity index is 435. The molecule has 0 radical (unpaired) electrons. The third-order valence-electron chi connectivity index (χ3n) is 1.74. The van der Waals surface area contributed by atoms with Crippen LogP contribution in [0.3, 0.4) is 0 Å². The highest BCUT2D eigenvalue weighted by molar-refractivity contribution is 6.42. The molecule has 0 unspecified atom stereocenters. The number of benzene rings is 1. The van der Waals surface area contributed by atoms with Gasteiger partial charge in [0.25, 0.3) is 5.91 Å². The lowest BCUT2D eigenvalue weighted by Gasteiger charge is -2.04. The molecule has 4 N–H and O–H groups in total. The molecule has 1 aromatic carbocycles. The summed E-state index contributed by atoms with van der Waals surface area (Å²) in [6.45, 7) is -0.0461. The average molecular weight is 262 g/mol. The van der Waals surface area contributed by atoms with Crippen molar-refractivity contribution in [1.29, 1.82) is 0 Å². The number of hydrogen-bond acceptors (Lipinski definition) is 3. The zero-order valence-corrected chi connectivity index (χ0v) is 9.59. The van der Waals surface area contributed by atoms with Crippen molar-refractivity contribution in [3.8, 4) is 0 Å². The first kappa shape index (κ1) is 12.6. The summed E-state index contributed by atoms with van der Waals surface area (Å²) < 4.78 is 0. The van der Waals surface area contributed by atoms with Gasteiger partial charge in [-0.3, -0.25) is 4.79 Å². The quantitative estimate of drug-likeness (QED) is 0.333. The van der Waals surface area contributed by atoms with Gasteiger partial charge in [0.1, 0.15) is 0 Å². The van der Waals surface area contributed by atoms with Crippen molar-refractivity contribution in [2.75, 3.05) is 6.54 Å². The van der Waals surface area contributed by atoms with Crippen molar-refractivity contribution in [2.45, 2.75) is 0 Å². The van der Waals surface area contributed by atoms with E-state index >= 15 is 0 Å². The molecule has 16 heavy (non-hydrogen) atoms. The Morgan fingerprint density at radius 3 is 2.69 bits per heavy atom. The lowest BCUT2D eigenvalue weighted by Crippen LogP contribution is -2.33. The normalized spacial score (nSPS) is 11.2. The first-order valence-electron chi connectivity index (χ1n) is 4.24. The highest BCUT2D eigenvalue weighted by atomic mass is 35.5. The number of amidine groups is 1. The van der Waals surface area contributed by atoms with Crippen LogP contribution in [-0.4, -0.2) is 23.5 Å². The Hall–Kier alpha value is -1.46. The third-order valence-corrected chi connectivity index (χ3v) is 2.48. The number of halogens is 2. The van der Waals surface area contributed by atoms with E-state index in [1.807, 2.05) is 0 Å². The zero-order valence-electron chi connectivity index (χ0n) is 8.08. The molecule has 5 nitrogen and oxygen atoms in total. The first-order chi connectivity index (χ1) is 7.54. The summed E-state index contributed by atoms with van der Waals surface area (Å²) in [6, 6.07) is 4.48. The molecule has 86 valence electrons. The van der Waals surface area contributed by atoms with E-state index in [1.54, 1.807) is 0 Å². The summed E-state index contributed by atoms with van der Waals surface area (Å²) in [4.78, 5) is 11.5. The van der Waals surface area contributed by atoms with Gasteiger partial charge in [0.05, 0.1) is 16.6 Å². The summed E-state index contributed by atoms with van der Waals surface area (Å²) in [5.41, 5.74) is 5.54. The number of carbonyl (C=O) groups is 1.